The minimum absolute atomic E-state index is 0.806. The lowest BCUT2D eigenvalue weighted by Crippen LogP contribution is -2.25. The van der Waals surface area contributed by atoms with Crippen LogP contribution in [0.3, 0.4) is 0 Å². The maximum Gasteiger partial charge on any atom is 0.129 e. The molecule has 120 valence electrons. The Morgan fingerprint density at radius 3 is 2.09 bits per heavy atom. The smallest absolute Gasteiger partial charge is 0.127 e. The van der Waals surface area contributed by atoms with E-state index in [4.69, 9.17) is 0 Å². The third-order valence-electron chi connectivity index (χ3n) is 3.09. The van der Waals surface area contributed by atoms with E-state index < -0.39 is 16.1 Å². The van der Waals surface area contributed by atoms with E-state index in [2.05, 4.69) is 81.3 Å². The Morgan fingerprint density at radius 2 is 1.61 bits per heavy atom. The predicted molar refractivity (Wildman–Crippen MR) is 110 cm³/mol. The summed E-state index contributed by atoms with van der Waals surface area (Å²) in [6.45, 7) is 17.7. The first-order valence-corrected chi connectivity index (χ1v) is 15.1. The number of hydrogen-bond acceptors (Lipinski definition) is 0. The van der Waals surface area contributed by atoms with Crippen LogP contribution in [0.1, 0.15) is 12.0 Å². The van der Waals surface area contributed by atoms with Crippen LogP contribution in [0.4, 0.5) is 0 Å². The molecule has 0 nitrogen and oxygen atoms in total. The van der Waals surface area contributed by atoms with Crippen LogP contribution >= 0.6 is 0 Å². The van der Waals surface area contributed by atoms with Gasteiger partial charge in [-0.2, -0.15) is 0 Å². The zero-order valence-electron chi connectivity index (χ0n) is 15.4. The molecule has 1 aromatic rings. The standard InChI is InChI=1S/C21H28Si2/c1-8-12-20(17-18-22(2,3)4)21(23(5,6)7)16-15-19-13-10-9-11-14-19/h8-11,13-14H,1,12H2,2-7H3/b21-20+. The monoisotopic (exact) mass is 336 g/mol. The van der Waals surface area contributed by atoms with Crippen molar-refractivity contribution in [3.63, 3.8) is 0 Å². The van der Waals surface area contributed by atoms with E-state index in [0.29, 0.717) is 0 Å². The Balaban J connectivity index is 3.43. The topological polar surface area (TPSA) is 0 Å². The van der Waals surface area contributed by atoms with Gasteiger partial charge in [0.25, 0.3) is 0 Å². The fraction of sp³-hybridized carbons (Fsp3) is 0.333. The van der Waals surface area contributed by atoms with Gasteiger partial charge in [-0.15, -0.1) is 12.1 Å². The van der Waals surface area contributed by atoms with Gasteiger partial charge in [-0.25, -0.2) is 0 Å². The van der Waals surface area contributed by atoms with Crippen LogP contribution in [-0.4, -0.2) is 16.1 Å². The summed E-state index contributed by atoms with van der Waals surface area (Å²) in [6.07, 6.45) is 2.75. The van der Waals surface area contributed by atoms with E-state index in [9.17, 15) is 0 Å². The van der Waals surface area contributed by atoms with Gasteiger partial charge in [0, 0.05) is 11.1 Å². The highest BCUT2D eigenvalue weighted by Crippen LogP contribution is 2.21. The first kappa shape index (κ1) is 19.3. The van der Waals surface area contributed by atoms with Crippen molar-refractivity contribution < 1.29 is 0 Å². The lowest BCUT2D eigenvalue weighted by Gasteiger charge is -2.18. The normalized spacial score (nSPS) is 12.3. The van der Waals surface area contributed by atoms with Crippen molar-refractivity contribution >= 4 is 16.1 Å². The SMILES string of the molecule is C=CC/C(C#C[Si](C)(C)C)=C(/C#Cc1ccccc1)[Si](C)(C)C. The molecule has 0 aliphatic carbocycles. The Bertz CT molecular complexity index is 688. The maximum absolute atomic E-state index is 3.90. The third kappa shape index (κ3) is 7.37. The van der Waals surface area contributed by atoms with Gasteiger partial charge in [0.2, 0.25) is 0 Å². The zero-order valence-corrected chi connectivity index (χ0v) is 17.4. The number of allylic oxidation sites excluding steroid dienone is 3. The molecule has 1 rings (SSSR count). The molecule has 0 aliphatic heterocycles. The zero-order chi connectivity index (χ0) is 17.5. The van der Waals surface area contributed by atoms with Crippen LogP contribution in [0.25, 0.3) is 0 Å². The van der Waals surface area contributed by atoms with Crippen LogP contribution in [0.2, 0.25) is 39.3 Å². The van der Waals surface area contributed by atoms with Crippen molar-refractivity contribution in [2.75, 3.05) is 0 Å². The van der Waals surface area contributed by atoms with Crippen molar-refractivity contribution in [2.45, 2.75) is 45.7 Å². The molecule has 0 unspecified atom stereocenters. The summed E-state index contributed by atoms with van der Waals surface area (Å²) < 4.78 is 0. The van der Waals surface area contributed by atoms with Gasteiger partial charge in [-0.1, -0.05) is 81.3 Å². The summed E-state index contributed by atoms with van der Waals surface area (Å²) in [5.74, 6) is 10.2. The second kappa shape index (κ2) is 8.20. The first-order valence-electron chi connectivity index (χ1n) is 8.08. The minimum atomic E-state index is -1.57. The van der Waals surface area contributed by atoms with Gasteiger partial charge in [0.15, 0.2) is 0 Å². The van der Waals surface area contributed by atoms with Crippen molar-refractivity contribution in [1.29, 1.82) is 0 Å². The van der Waals surface area contributed by atoms with E-state index in [0.717, 1.165) is 12.0 Å². The van der Waals surface area contributed by atoms with Crippen molar-refractivity contribution in [2.24, 2.45) is 0 Å². The number of hydrogen-bond donors (Lipinski definition) is 0. The first-order chi connectivity index (χ1) is 10.6. The number of benzene rings is 1. The van der Waals surface area contributed by atoms with Crippen molar-refractivity contribution in [3.8, 4) is 23.3 Å². The molecule has 0 atom stereocenters. The maximum atomic E-state index is 3.90. The molecular weight excluding hydrogens is 308 g/mol. The van der Waals surface area contributed by atoms with Crippen LogP contribution in [0, 0.1) is 23.3 Å². The Labute approximate surface area is 144 Å². The van der Waals surface area contributed by atoms with Gasteiger partial charge in [-0.05, 0) is 23.7 Å². The highest BCUT2D eigenvalue weighted by Gasteiger charge is 2.21. The summed E-state index contributed by atoms with van der Waals surface area (Å²) in [7, 11) is -2.97. The fourth-order valence-electron chi connectivity index (χ4n) is 1.99. The molecule has 0 aliphatic rings. The average molecular weight is 337 g/mol. The molecule has 0 heterocycles. The van der Waals surface area contributed by atoms with Crippen LogP contribution in [-0.2, 0) is 0 Å². The largest absolute Gasteiger partial charge is 0.129 e. The van der Waals surface area contributed by atoms with E-state index in [1.54, 1.807) is 0 Å². The second-order valence-corrected chi connectivity index (χ2v) is 17.5. The summed E-state index contributed by atoms with van der Waals surface area (Å²) in [5, 5.41) is 1.26. The molecule has 0 aromatic heterocycles. The quantitative estimate of drug-likeness (QED) is 0.379. The Morgan fingerprint density at radius 1 is 1.00 bits per heavy atom. The summed E-state index contributed by atoms with van der Waals surface area (Å²) in [5.41, 5.74) is 5.72. The molecule has 0 bridgehead atoms. The van der Waals surface area contributed by atoms with E-state index in [1.807, 2.05) is 24.3 Å². The summed E-state index contributed by atoms with van der Waals surface area (Å²) >= 11 is 0. The van der Waals surface area contributed by atoms with Gasteiger partial charge in [0.1, 0.15) is 8.07 Å². The van der Waals surface area contributed by atoms with Crippen molar-refractivity contribution in [3.05, 3.63) is 59.3 Å². The molecule has 0 radical (unpaired) electrons. The second-order valence-electron chi connectivity index (χ2n) is 7.71. The molecule has 0 saturated carbocycles. The van der Waals surface area contributed by atoms with E-state index in [-0.39, 0.29) is 0 Å². The molecule has 23 heavy (non-hydrogen) atoms. The molecule has 0 spiro atoms. The fourth-order valence-corrected chi connectivity index (χ4v) is 4.03. The highest BCUT2D eigenvalue weighted by molar-refractivity contribution is 6.85. The van der Waals surface area contributed by atoms with Gasteiger partial charge in [0.05, 0.1) is 8.07 Å². The Kier molecular flexibility index (Phi) is 6.88. The van der Waals surface area contributed by atoms with Gasteiger partial charge < -0.3 is 0 Å². The van der Waals surface area contributed by atoms with E-state index in [1.165, 1.54) is 10.8 Å². The average Bonchev–Trinajstić information content (AvgIpc) is 2.43. The van der Waals surface area contributed by atoms with Crippen LogP contribution in [0.5, 0.6) is 0 Å². The van der Waals surface area contributed by atoms with Crippen LogP contribution < -0.4 is 0 Å². The van der Waals surface area contributed by atoms with Crippen LogP contribution in [0.15, 0.2) is 53.8 Å². The minimum Gasteiger partial charge on any atom is -0.127 e. The molecule has 0 N–H and O–H groups in total. The lowest BCUT2D eigenvalue weighted by atomic mass is 10.1. The summed E-state index contributed by atoms with van der Waals surface area (Å²) in [4.78, 5) is 0. The van der Waals surface area contributed by atoms with E-state index >= 15 is 0 Å². The van der Waals surface area contributed by atoms with Crippen molar-refractivity contribution in [1.82, 2.24) is 0 Å². The molecule has 2 heteroatoms. The lowest BCUT2D eigenvalue weighted by molar-refractivity contribution is 1.30. The predicted octanol–water partition coefficient (Wildman–Crippen LogP) is 5.67. The highest BCUT2D eigenvalue weighted by atomic mass is 28.3. The molecule has 1 aromatic carbocycles. The molecule has 0 amide bonds. The number of rotatable bonds is 3. The molecule has 0 saturated heterocycles. The third-order valence-corrected chi connectivity index (χ3v) is 5.90. The Hall–Kier alpha value is -1.75. The molecule has 0 fully saturated rings. The van der Waals surface area contributed by atoms with Gasteiger partial charge in [-0.3, -0.25) is 0 Å². The summed E-state index contributed by atoms with van der Waals surface area (Å²) in [6, 6.07) is 10.2. The molecular formula is C21H28Si2. The van der Waals surface area contributed by atoms with Gasteiger partial charge >= 0.3 is 0 Å².